The van der Waals surface area contributed by atoms with E-state index in [2.05, 4.69) is 51.8 Å². The summed E-state index contributed by atoms with van der Waals surface area (Å²) in [5.74, 6) is 1.84. The van der Waals surface area contributed by atoms with Gasteiger partial charge in [0.25, 0.3) is 0 Å². The topological polar surface area (TPSA) is 15.3 Å². The van der Waals surface area contributed by atoms with E-state index in [0.717, 1.165) is 17.9 Å². The number of nitrogens with zero attached hydrogens (tertiary/aromatic N) is 1. The van der Waals surface area contributed by atoms with E-state index in [1.807, 2.05) is 0 Å². The lowest BCUT2D eigenvalue weighted by Gasteiger charge is -2.34. The first-order valence-corrected chi connectivity index (χ1v) is 6.21. The number of piperidine rings is 1. The van der Waals surface area contributed by atoms with Crippen molar-refractivity contribution in [2.45, 2.75) is 58.7 Å². The molecule has 2 rings (SSSR count). The van der Waals surface area contributed by atoms with Crippen molar-refractivity contribution in [3.63, 3.8) is 0 Å². The van der Waals surface area contributed by atoms with Gasteiger partial charge in [0.2, 0.25) is 0 Å². The Labute approximate surface area is 94.4 Å². The Kier molecular flexibility index (Phi) is 2.44. The zero-order valence-corrected chi connectivity index (χ0v) is 11.1. The summed E-state index contributed by atoms with van der Waals surface area (Å²) < 4.78 is 0. The Morgan fingerprint density at radius 3 is 1.73 bits per heavy atom. The molecule has 1 saturated heterocycles. The molecule has 1 heterocycles. The number of hydrogen-bond donors (Lipinski definition) is 1. The quantitative estimate of drug-likeness (QED) is 0.713. The molecule has 2 nitrogen and oxygen atoms in total. The molecule has 2 unspecified atom stereocenters. The molecular weight excluding hydrogens is 184 g/mol. The second-order valence-electron chi connectivity index (χ2n) is 7.32. The lowest BCUT2D eigenvalue weighted by molar-refractivity contribution is 0.147. The molecule has 2 fully saturated rings. The third-order valence-electron chi connectivity index (χ3n) is 3.74. The normalized spacial score (nSPS) is 36.8. The molecule has 0 bridgehead atoms. The van der Waals surface area contributed by atoms with Crippen molar-refractivity contribution in [2.24, 2.45) is 11.8 Å². The number of likely N-dealkylation sites (tertiary alicyclic amines) is 1. The van der Waals surface area contributed by atoms with Crippen molar-refractivity contribution in [1.29, 1.82) is 0 Å². The molecule has 0 spiro atoms. The summed E-state index contributed by atoms with van der Waals surface area (Å²) in [5.41, 5.74) is 0.640. The van der Waals surface area contributed by atoms with Crippen LogP contribution in [0.3, 0.4) is 0 Å². The molecule has 0 aromatic carbocycles. The molecule has 1 N–H and O–H groups in total. The van der Waals surface area contributed by atoms with Gasteiger partial charge in [0, 0.05) is 30.2 Å². The summed E-state index contributed by atoms with van der Waals surface area (Å²) in [6.07, 6.45) is 0. The summed E-state index contributed by atoms with van der Waals surface area (Å²) >= 11 is 0. The van der Waals surface area contributed by atoms with Crippen molar-refractivity contribution in [3.05, 3.63) is 0 Å². The third kappa shape index (κ3) is 2.36. The molecular formula is C13H26N2. The van der Waals surface area contributed by atoms with Crippen LogP contribution in [0.25, 0.3) is 0 Å². The monoisotopic (exact) mass is 210 g/mol. The van der Waals surface area contributed by atoms with Crippen LogP contribution in [0.15, 0.2) is 0 Å². The molecule has 2 heteroatoms. The summed E-state index contributed by atoms with van der Waals surface area (Å²) in [5, 5.41) is 3.74. The number of hydrogen-bond acceptors (Lipinski definition) is 2. The van der Waals surface area contributed by atoms with Crippen molar-refractivity contribution in [1.82, 2.24) is 10.2 Å². The van der Waals surface area contributed by atoms with Gasteiger partial charge in [-0.05, 0) is 53.4 Å². The number of rotatable bonds is 1. The molecule has 2 aliphatic rings. The van der Waals surface area contributed by atoms with Crippen LogP contribution in [0, 0.1) is 11.8 Å². The fourth-order valence-electron chi connectivity index (χ4n) is 2.79. The Hall–Kier alpha value is -0.0800. The minimum Gasteiger partial charge on any atom is -0.309 e. The average molecular weight is 210 g/mol. The lowest BCUT2D eigenvalue weighted by atomic mass is 10.1. The largest absolute Gasteiger partial charge is 0.309 e. The summed E-state index contributed by atoms with van der Waals surface area (Å²) in [6, 6.07) is 0.795. The molecule has 15 heavy (non-hydrogen) atoms. The van der Waals surface area contributed by atoms with Crippen LogP contribution in [-0.2, 0) is 0 Å². The van der Waals surface area contributed by atoms with Crippen LogP contribution in [0.1, 0.15) is 41.5 Å². The second-order valence-corrected chi connectivity index (χ2v) is 7.32. The highest BCUT2D eigenvalue weighted by molar-refractivity contribution is 5.12. The van der Waals surface area contributed by atoms with Gasteiger partial charge in [-0.15, -0.1) is 0 Å². The highest BCUT2D eigenvalue weighted by Crippen LogP contribution is 2.48. The molecule has 0 amide bonds. The van der Waals surface area contributed by atoms with Crippen LogP contribution < -0.4 is 5.32 Å². The molecule has 88 valence electrons. The van der Waals surface area contributed by atoms with Gasteiger partial charge >= 0.3 is 0 Å². The molecule has 3 atom stereocenters. The maximum atomic E-state index is 3.74. The first kappa shape index (κ1) is 11.4. The molecule has 0 aromatic heterocycles. The van der Waals surface area contributed by atoms with Gasteiger partial charge in [0.1, 0.15) is 0 Å². The van der Waals surface area contributed by atoms with Gasteiger partial charge in [-0.1, -0.05) is 0 Å². The number of nitrogens with one attached hydrogen (secondary N) is 1. The van der Waals surface area contributed by atoms with Crippen molar-refractivity contribution in [2.75, 3.05) is 13.1 Å². The Morgan fingerprint density at radius 1 is 0.933 bits per heavy atom. The standard InChI is InChI=1S/C13H26N2/c1-12(2,3)14-11-9-7-15(8-10(9)11)13(4,5)6/h9-11,14H,7-8H2,1-6H3/t9-,10?,11?/m1/s1. The van der Waals surface area contributed by atoms with E-state index >= 15 is 0 Å². The van der Waals surface area contributed by atoms with Gasteiger partial charge in [0.05, 0.1) is 0 Å². The minimum atomic E-state index is 0.279. The Bertz CT molecular complexity index is 234. The average Bonchev–Trinajstić information content (AvgIpc) is 2.50. The minimum absolute atomic E-state index is 0.279. The predicted octanol–water partition coefficient (Wildman–Crippen LogP) is 2.10. The second kappa shape index (κ2) is 3.21. The summed E-state index contributed by atoms with van der Waals surface area (Å²) in [6.45, 7) is 16.4. The lowest BCUT2D eigenvalue weighted by Crippen LogP contribution is -2.46. The highest BCUT2D eigenvalue weighted by Gasteiger charge is 2.57. The van der Waals surface area contributed by atoms with Gasteiger partial charge < -0.3 is 5.32 Å². The first-order valence-electron chi connectivity index (χ1n) is 6.21. The molecule has 1 aliphatic carbocycles. The Morgan fingerprint density at radius 2 is 1.40 bits per heavy atom. The van der Waals surface area contributed by atoms with E-state index in [4.69, 9.17) is 0 Å². The van der Waals surface area contributed by atoms with E-state index in [9.17, 15) is 0 Å². The van der Waals surface area contributed by atoms with Crippen LogP contribution in [0.4, 0.5) is 0 Å². The zero-order valence-electron chi connectivity index (χ0n) is 11.1. The van der Waals surface area contributed by atoms with Crippen LogP contribution in [0.2, 0.25) is 0 Å². The van der Waals surface area contributed by atoms with E-state index in [0.29, 0.717) is 5.54 Å². The maximum absolute atomic E-state index is 3.74. The summed E-state index contributed by atoms with van der Waals surface area (Å²) in [7, 11) is 0. The van der Waals surface area contributed by atoms with Gasteiger partial charge in [-0.3, -0.25) is 4.90 Å². The van der Waals surface area contributed by atoms with Crippen molar-refractivity contribution in [3.8, 4) is 0 Å². The van der Waals surface area contributed by atoms with E-state index in [1.54, 1.807) is 0 Å². The van der Waals surface area contributed by atoms with Gasteiger partial charge in [-0.25, -0.2) is 0 Å². The maximum Gasteiger partial charge on any atom is 0.0160 e. The molecule has 1 aliphatic heterocycles. The van der Waals surface area contributed by atoms with Gasteiger partial charge in [0.15, 0.2) is 0 Å². The van der Waals surface area contributed by atoms with Crippen LogP contribution >= 0.6 is 0 Å². The SMILES string of the molecule is CC(C)(C)NC1C2CN(C(C)(C)C)C[C@H]21. The number of fused-ring (bicyclic) bond motifs is 1. The van der Waals surface area contributed by atoms with Gasteiger partial charge in [-0.2, -0.15) is 0 Å². The fraction of sp³-hybridized carbons (Fsp3) is 1.00. The fourth-order valence-corrected chi connectivity index (χ4v) is 2.79. The van der Waals surface area contributed by atoms with E-state index in [-0.39, 0.29) is 5.54 Å². The molecule has 1 saturated carbocycles. The highest BCUT2D eigenvalue weighted by atomic mass is 15.3. The first-order chi connectivity index (χ1) is 6.68. The smallest absolute Gasteiger partial charge is 0.0160 e. The van der Waals surface area contributed by atoms with E-state index < -0.39 is 0 Å². The third-order valence-corrected chi connectivity index (χ3v) is 3.74. The zero-order chi connectivity index (χ0) is 11.4. The Balaban J connectivity index is 1.84. The van der Waals surface area contributed by atoms with Crippen LogP contribution in [0.5, 0.6) is 0 Å². The predicted molar refractivity (Wildman–Crippen MR) is 65.0 cm³/mol. The van der Waals surface area contributed by atoms with Crippen molar-refractivity contribution >= 4 is 0 Å². The van der Waals surface area contributed by atoms with Crippen LogP contribution in [-0.4, -0.2) is 35.1 Å². The molecule has 0 radical (unpaired) electrons. The van der Waals surface area contributed by atoms with Crippen molar-refractivity contribution < 1.29 is 0 Å². The molecule has 0 aromatic rings. The van der Waals surface area contributed by atoms with E-state index in [1.165, 1.54) is 13.1 Å². The summed E-state index contributed by atoms with van der Waals surface area (Å²) in [4.78, 5) is 2.63.